The Hall–Kier alpha value is -4.06. The van der Waals surface area contributed by atoms with E-state index in [1.54, 1.807) is 31.4 Å². The molecule has 2 aliphatic rings. The highest BCUT2D eigenvalue weighted by Crippen LogP contribution is 2.35. The highest BCUT2D eigenvalue weighted by atomic mass is 16.5. The second-order valence-electron chi connectivity index (χ2n) is 9.06. The summed E-state index contributed by atoms with van der Waals surface area (Å²) in [5, 5.41) is 3.26. The van der Waals surface area contributed by atoms with Gasteiger partial charge in [-0.15, -0.1) is 0 Å². The fourth-order valence-corrected chi connectivity index (χ4v) is 4.65. The topological polar surface area (TPSA) is 61.9 Å². The van der Waals surface area contributed by atoms with Gasteiger partial charge in [-0.2, -0.15) is 0 Å². The number of hydrogen-bond acceptors (Lipinski definition) is 5. The van der Waals surface area contributed by atoms with Crippen LogP contribution < -0.4 is 19.9 Å². The minimum absolute atomic E-state index is 0.271. The van der Waals surface area contributed by atoms with E-state index in [9.17, 15) is 9.59 Å². The highest BCUT2D eigenvalue weighted by Gasteiger charge is 2.40. The van der Waals surface area contributed by atoms with Crippen LogP contribution in [0.3, 0.4) is 0 Å². The summed E-state index contributed by atoms with van der Waals surface area (Å²) in [5.41, 5.74) is 5.90. The van der Waals surface area contributed by atoms with E-state index in [4.69, 9.17) is 4.74 Å². The largest absolute Gasteiger partial charge is 0.497 e. The molecular weight excluding hydrogens is 438 g/mol. The summed E-state index contributed by atoms with van der Waals surface area (Å²) in [6.45, 7) is 6.12. The fraction of sp³-hybridized carbons (Fsp3) is 0.241. The number of nitrogens with one attached hydrogen (secondary N) is 1. The van der Waals surface area contributed by atoms with E-state index >= 15 is 0 Å². The molecule has 0 atom stereocenters. The molecule has 1 fully saturated rings. The van der Waals surface area contributed by atoms with E-state index in [0.717, 1.165) is 29.9 Å². The van der Waals surface area contributed by atoms with Gasteiger partial charge in [-0.25, -0.2) is 4.90 Å². The van der Waals surface area contributed by atoms with Gasteiger partial charge in [-0.3, -0.25) is 9.59 Å². The number of hydrogen-bond donors (Lipinski definition) is 1. The van der Waals surface area contributed by atoms with Crippen molar-refractivity contribution < 1.29 is 14.3 Å². The number of methoxy groups -OCH3 is 1. The molecule has 6 nitrogen and oxygen atoms in total. The maximum Gasteiger partial charge on any atom is 0.282 e. The Kier molecular flexibility index (Phi) is 6.03. The first kappa shape index (κ1) is 22.7. The van der Waals surface area contributed by atoms with Gasteiger partial charge in [0.1, 0.15) is 11.4 Å². The van der Waals surface area contributed by atoms with Crippen molar-refractivity contribution in [1.29, 1.82) is 0 Å². The van der Waals surface area contributed by atoms with Crippen molar-refractivity contribution in [3.63, 3.8) is 0 Å². The van der Waals surface area contributed by atoms with Crippen molar-refractivity contribution >= 4 is 34.4 Å². The van der Waals surface area contributed by atoms with Crippen LogP contribution in [-0.4, -0.2) is 32.0 Å². The maximum absolute atomic E-state index is 13.7. The second-order valence-corrected chi connectivity index (χ2v) is 9.06. The third kappa shape index (κ3) is 4.28. The zero-order valence-electron chi connectivity index (χ0n) is 20.3. The summed E-state index contributed by atoms with van der Waals surface area (Å²) < 4.78 is 5.27. The molecule has 0 saturated carbocycles. The zero-order valence-corrected chi connectivity index (χ0v) is 20.3. The minimum atomic E-state index is -0.368. The molecule has 1 N–H and O–H groups in total. The Morgan fingerprint density at radius 2 is 1.43 bits per heavy atom. The first-order valence-electron chi connectivity index (χ1n) is 11.9. The van der Waals surface area contributed by atoms with Crippen LogP contribution in [0.1, 0.15) is 29.5 Å². The van der Waals surface area contributed by atoms with Gasteiger partial charge < -0.3 is 15.0 Å². The predicted molar refractivity (Wildman–Crippen MR) is 140 cm³/mol. The number of carbonyl (C=O) groups is 2. The lowest BCUT2D eigenvalue weighted by Crippen LogP contribution is -2.32. The van der Waals surface area contributed by atoms with Crippen LogP contribution in [0, 0.1) is 13.8 Å². The van der Waals surface area contributed by atoms with Crippen molar-refractivity contribution in [2.75, 3.05) is 35.3 Å². The molecule has 3 aromatic rings. The SMILES string of the molecule is COc1ccc(C2=C(Nc3ccc(N4CCCC4)cc3)C(=O)N(c3ccc(C)c(C)c3)C2=O)cc1. The van der Waals surface area contributed by atoms with Gasteiger partial charge >= 0.3 is 0 Å². The lowest BCUT2D eigenvalue weighted by molar-refractivity contribution is -0.120. The van der Waals surface area contributed by atoms with E-state index in [1.807, 2.05) is 44.2 Å². The van der Waals surface area contributed by atoms with Crippen LogP contribution in [0.5, 0.6) is 5.75 Å². The van der Waals surface area contributed by atoms with Crippen molar-refractivity contribution in [1.82, 2.24) is 0 Å². The smallest absolute Gasteiger partial charge is 0.282 e. The molecule has 1 saturated heterocycles. The van der Waals surface area contributed by atoms with Crippen LogP contribution in [-0.2, 0) is 9.59 Å². The average molecular weight is 468 g/mol. The summed E-state index contributed by atoms with van der Waals surface area (Å²) >= 11 is 0. The van der Waals surface area contributed by atoms with Gasteiger partial charge in [0.05, 0.1) is 18.4 Å². The lowest BCUT2D eigenvalue weighted by Gasteiger charge is -2.18. The summed E-state index contributed by atoms with van der Waals surface area (Å²) in [5.74, 6) is -0.0311. The number of amides is 2. The van der Waals surface area contributed by atoms with Crippen molar-refractivity contribution in [3.05, 3.63) is 89.1 Å². The molecule has 0 aromatic heterocycles. The normalized spacial score (nSPS) is 15.9. The summed E-state index contributed by atoms with van der Waals surface area (Å²) in [6.07, 6.45) is 2.42. The predicted octanol–water partition coefficient (Wildman–Crippen LogP) is 5.31. The second kappa shape index (κ2) is 9.29. The molecule has 0 aliphatic carbocycles. The zero-order chi connectivity index (χ0) is 24.5. The van der Waals surface area contributed by atoms with Crippen molar-refractivity contribution in [2.24, 2.45) is 0 Å². The quantitative estimate of drug-likeness (QED) is 0.498. The molecule has 2 aliphatic heterocycles. The molecule has 35 heavy (non-hydrogen) atoms. The molecule has 0 bridgehead atoms. The van der Waals surface area contributed by atoms with Crippen LogP contribution in [0.25, 0.3) is 5.57 Å². The third-order valence-electron chi connectivity index (χ3n) is 6.82. The van der Waals surface area contributed by atoms with Gasteiger partial charge in [0.25, 0.3) is 11.8 Å². The number of imide groups is 1. The number of aryl methyl sites for hydroxylation is 2. The van der Waals surface area contributed by atoms with Gasteiger partial charge in [-0.1, -0.05) is 18.2 Å². The molecule has 2 heterocycles. The van der Waals surface area contributed by atoms with Crippen LogP contribution >= 0.6 is 0 Å². The molecule has 178 valence electrons. The average Bonchev–Trinajstić information content (AvgIpc) is 3.49. The molecule has 3 aromatic carbocycles. The first-order chi connectivity index (χ1) is 17.0. The molecule has 0 unspecified atom stereocenters. The highest BCUT2D eigenvalue weighted by molar-refractivity contribution is 6.46. The molecule has 2 amide bonds. The van der Waals surface area contributed by atoms with Crippen LogP contribution in [0.15, 0.2) is 72.4 Å². The molecule has 5 rings (SSSR count). The lowest BCUT2D eigenvalue weighted by atomic mass is 10.0. The van der Waals surface area contributed by atoms with E-state index in [-0.39, 0.29) is 17.5 Å². The molecule has 0 radical (unpaired) electrons. The Labute approximate surface area is 205 Å². The molecule has 6 heteroatoms. The molecular formula is C29H29N3O3. The van der Waals surface area contributed by atoms with Crippen LogP contribution in [0.2, 0.25) is 0 Å². The summed E-state index contributed by atoms with van der Waals surface area (Å²) in [4.78, 5) is 30.9. The fourth-order valence-electron chi connectivity index (χ4n) is 4.65. The van der Waals surface area contributed by atoms with E-state index in [1.165, 1.54) is 23.4 Å². The van der Waals surface area contributed by atoms with Crippen LogP contribution in [0.4, 0.5) is 17.1 Å². The van der Waals surface area contributed by atoms with Gasteiger partial charge in [0.2, 0.25) is 0 Å². The third-order valence-corrected chi connectivity index (χ3v) is 6.82. The number of nitrogens with zero attached hydrogens (tertiary/aromatic N) is 2. The first-order valence-corrected chi connectivity index (χ1v) is 11.9. The summed E-state index contributed by atoms with van der Waals surface area (Å²) in [6, 6.07) is 20.9. The monoisotopic (exact) mass is 467 g/mol. The Balaban J connectivity index is 1.52. The standard InChI is InChI=1S/C29H29N3O3/c1-19-6-11-24(18-20(19)2)32-28(33)26(21-7-14-25(35-3)15-8-21)27(29(32)34)30-22-9-12-23(13-10-22)31-16-4-5-17-31/h6-15,18,30H,4-5,16-17H2,1-3H3. The van der Waals surface area contributed by atoms with Gasteiger partial charge in [0.15, 0.2) is 0 Å². The van der Waals surface area contributed by atoms with Crippen molar-refractivity contribution in [3.8, 4) is 5.75 Å². The summed E-state index contributed by atoms with van der Waals surface area (Å²) in [7, 11) is 1.60. The number of rotatable bonds is 6. The Morgan fingerprint density at radius 3 is 2.06 bits per heavy atom. The number of carbonyl (C=O) groups excluding carboxylic acids is 2. The van der Waals surface area contributed by atoms with E-state index in [0.29, 0.717) is 22.6 Å². The number of anilines is 3. The minimum Gasteiger partial charge on any atom is -0.497 e. The van der Waals surface area contributed by atoms with Gasteiger partial charge in [0, 0.05) is 24.5 Å². The Bertz CT molecular complexity index is 1300. The molecule has 0 spiro atoms. The number of ether oxygens (including phenoxy) is 1. The van der Waals surface area contributed by atoms with Gasteiger partial charge in [-0.05, 0) is 91.9 Å². The van der Waals surface area contributed by atoms with E-state index in [2.05, 4.69) is 22.3 Å². The van der Waals surface area contributed by atoms with Crippen molar-refractivity contribution in [2.45, 2.75) is 26.7 Å². The maximum atomic E-state index is 13.7. The van der Waals surface area contributed by atoms with E-state index < -0.39 is 0 Å². The number of benzene rings is 3. The Morgan fingerprint density at radius 1 is 0.771 bits per heavy atom.